The molecule has 0 bridgehead atoms. The fourth-order valence-electron chi connectivity index (χ4n) is 3.05. The van der Waals surface area contributed by atoms with Crippen molar-refractivity contribution in [1.29, 1.82) is 5.26 Å². The van der Waals surface area contributed by atoms with Gasteiger partial charge in [0.25, 0.3) is 5.91 Å². The Labute approximate surface area is 177 Å². The smallest absolute Gasteiger partial charge is 0.352 e. The number of nitriles is 1. The van der Waals surface area contributed by atoms with Gasteiger partial charge in [-0.15, -0.1) is 16.9 Å². The Hall–Kier alpha value is -3.05. The first-order valence-electron chi connectivity index (χ1n) is 8.68. The summed E-state index contributed by atoms with van der Waals surface area (Å²) in [6, 6.07) is 0.805. The lowest BCUT2D eigenvalue weighted by Crippen LogP contribution is -2.70. The molecule has 0 radical (unpaired) electrons. The summed E-state index contributed by atoms with van der Waals surface area (Å²) >= 11 is 2.36. The summed E-state index contributed by atoms with van der Waals surface area (Å²) < 4.78 is 1.18. The molecule has 2 atom stereocenters. The third-order valence-electron chi connectivity index (χ3n) is 4.42. The van der Waals surface area contributed by atoms with Gasteiger partial charge in [-0.3, -0.25) is 28.6 Å². The number of nitrogens with zero attached hydrogens (tertiary/aromatic N) is 4. The molecule has 30 heavy (non-hydrogen) atoms. The number of H-pyrrole nitrogens is 1. The van der Waals surface area contributed by atoms with Crippen LogP contribution in [0.15, 0.2) is 26.0 Å². The molecule has 3 N–H and O–H groups in total. The second-order valence-electron chi connectivity index (χ2n) is 6.22. The highest BCUT2D eigenvalue weighted by Crippen LogP contribution is 2.41. The summed E-state index contributed by atoms with van der Waals surface area (Å²) in [7, 11) is 0. The van der Waals surface area contributed by atoms with E-state index in [0.717, 1.165) is 16.7 Å². The second kappa shape index (κ2) is 8.76. The number of carbonyl (C=O) groups excluding carboxylic acids is 2. The molecular formula is C16H16N6O6S2. The molecular weight excluding hydrogens is 436 g/mol. The van der Waals surface area contributed by atoms with Gasteiger partial charge in [0.15, 0.2) is 5.16 Å². The molecule has 1 aromatic rings. The quantitative estimate of drug-likeness (QED) is 0.256. The molecule has 0 aromatic carbocycles. The number of aromatic amines is 1. The van der Waals surface area contributed by atoms with Crippen LogP contribution >= 0.6 is 23.5 Å². The first-order valence-corrected chi connectivity index (χ1v) is 10.7. The fraction of sp³-hybridized carbons (Fsp3) is 0.438. The Morgan fingerprint density at radius 1 is 1.43 bits per heavy atom. The maximum Gasteiger partial charge on any atom is 0.352 e. The van der Waals surface area contributed by atoms with Crippen molar-refractivity contribution in [2.45, 2.75) is 36.5 Å². The number of carboxylic acid groups (broad SMARTS) is 1. The van der Waals surface area contributed by atoms with Crippen molar-refractivity contribution in [2.24, 2.45) is 0 Å². The molecule has 1 fully saturated rings. The van der Waals surface area contributed by atoms with Gasteiger partial charge in [0.2, 0.25) is 5.91 Å². The zero-order chi connectivity index (χ0) is 22.0. The number of rotatable bonds is 7. The number of hydrogen-bond acceptors (Lipinski definition) is 9. The van der Waals surface area contributed by atoms with Gasteiger partial charge < -0.3 is 10.4 Å². The van der Waals surface area contributed by atoms with Crippen molar-refractivity contribution in [3.05, 3.63) is 32.0 Å². The zero-order valence-corrected chi connectivity index (χ0v) is 17.2. The van der Waals surface area contributed by atoms with Crippen LogP contribution in [0.4, 0.5) is 0 Å². The molecule has 1 aromatic heterocycles. The summed E-state index contributed by atoms with van der Waals surface area (Å²) in [5, 5.41) is 26.3. The van der Waals surface area contributed by atoms with E-state index in [0.29, 0.717) is 5.57 Å². The predicted molar refractivity (Wildman–Crippen MR) is 105 cm³/mol. The number of carbonyl (C=O) groups is 3. The molecule has 0 saturated carbocycles. The third kappa shape index (κ3) is 3.85. The van der Waals surface area contributed by atoms with Crippen LogP contribution in [0.5, 0.6) is 0 Å². The average molecular weight is 452 g/mol. The minimum atomic E-state index is -1.28. The minimum absolute atomic E-state index is 0.134. The minimum Gasteiger partial charge on any atom is -0.477 e. The van der Waals surface area contributed by atoms with E-state index >= 15 is 0 Å². The Bertz CT molecular complexity index is 1100. The Morgan fingerprint density at radius 3 is 2.80 bits per heavy atom. The van der Waals surface area contributed by atoms with Crippen LogP contribution in [0.2, 0.25) is 0 Å². The van der Waals surface area contributed by atoms with Gasteiger partial charge in [0.05, 0.1) is 6.07 Å². The number of β-lactam (4-membered cyclic amide) rings is 1. The molecule has 3 rings (SSSR count). The first-order chi connectivity index (χ1) is 14.3. The van der Waals surface area contributed by atoms with Crippen molar-refractivity contribution < 1.29 is 19.5 Å². The van der Waals surface area contributed by atoms with E-state index in [1.54, 1.807) is 13.0 Å². The number of nitrogens with one attached hydrogen (secondary N) is 2. The van der Waals surface area contributed by atoms with Crippen molar-refractivity contribution in [3.8, 4) is 6.07 Å². The van der Waals surface area contributed by atoms with Crippen LogP contribution < -0.4 is 16.4 Å². The second-order valence-corrected chi connectivity index (χ2v) is 8.27. The van der Waals surface area contributed by atoms with Crippen molar-refractivity contribution >= 4 is 41.3 Å². The molecule has 3 heterocycles. The summed E-state index contributed by atoms with van der Waals surface area (Å²) in [6.45, 7) is 1.89. The Balaban J connectivity index is 1.81. The highest BCUT2D eigenvalue weighted by Gasteiger charge is 2.54. The molecule has 2 aliphatic rings. The lowest BCUT2D eigenvalue weighted by molar-refractivity contribution is -0.150. The maximum absolute atomic E-state index is 12.5. The van der Waals surface area contributed by atoms with Crippen LogP contribution in [0.25, 0.3) is 0 Å². The Kier molecular flexibility index (Phi) is 6.32. The van der Waals surface area contributed by atoms with Gasteiger partial charge in [-0.05, 0) is 12.5 Å². The number of amides is 2. The number of carboxylic acids is 1. The van der Waals surface area contributed by atoms with Gasteiger partial charge in [-0.25, -0.2) is 9.89 Å². The first kappa shape index (κ1) is 21.7. The average Bonchev–Trinajstić information content (AvgIpc) is 2.72. The summed E-state index contributed by atoms with van der Waals surface area (Å²) in [6.07, 6.45) is -0.393. The molecule has 2 aliphatic heterocycles. The van der Waals surface area contributed by atoms with Crippen molar-refractivity contribution in [1.82, 2.24) is 25.0 Å². The van der Waals surface area contributed by atoms with Gasteiger partial charge in [-0.2, -0.15) is 5.26 Å². The van der Waals surface area contributed by atoms with Gasteiger partial charge in [-0.1, -0.05) is 11.8 Å². The van der Waals surface area contributed by atoms with Gasteiger partial charge in [0.1, 0.15) is 23.5 Å². The molecule has 0 spiro atoms. The number of aromatic nitrogens is 3. The van der Waals surface area contributed by atoms with E-state index in [2.05, 4.69) is 15.5 Å². The standard InChI is InChI=1S/C16H16N6O6S2/c1-2-21-13(26)11(24)19-20-16(21)30-6-7-5-29-14-9(18-8(23)3-4-17)12(25)22(14)10(7)15(27)28/h9,14H,2-3,5-6H2,1H3,(H,18,23)(H,19,24)(H,27,28)/t9-,14-/m1/s1. The number of thioether (sulfide) groups is 2. The van der Waals surface area contributed by atoms with Crippen LogP contribution in [0, 0.1) is 11.3 Å². The van der Waals surface area contributed by atoms with Gasteiger partial charge >= 0.3 is 17.1 Å². The van der Waals surface area contributed by atoms with Crippen LogP contribution in [-0.2, 0) is 20.9 Å². The van der Waals surface area contributed by atoms with Crippen LogP contribution in [-0.4, -0.2) is 65.5 Å². The Morgan fingerprint density at radius 2 is 2.17 bits per heavy atom. The number of fused-ring (bicyclic) bond motifs is 1. The monoisotopic (exact) mass is 452 g/mol. The van der Waals surface area contributed by atoms with Crippen molar-refractivity contribution in [3.63, 3.8) is 0 Å². The molecule has 0 unspecified atom stereocenters. The normalized spacial score (nSPS) is 20.3. The van der Waals surface area contributed by atoms with Crippen LogP contribution in [0.3, 0.4) is 0 Å². The summed E-state index contributed by atoms with van der Waals surface area (Å²) in [4.78, 5) is 60.4. The lowest BCUT2D eigenvalue weighted by Gasteiger charge is -2.49. The predicted octanol–water partition coefficient (Wildman–Crippen LogP) is -1.30. The highest BCUT2D eigenvalue weighted by molar-refractivity contribution is 8.01. The summed E-state index contributed by atoms with van der Waals surface area (Å²) in [5.74, 6) is -2.03. The van der Waals surface area contributed by atoms with E-state index in [1.807, 2.05) is 0 Å². The van der Waals surface area contributed by atoms with Crippen LogP contribution in [0.1, 0.15) is 13.3 Å². The lowest BCUT2D eigenvalue weighted by atomic mass is 10.0. The molecule has 12 nitrogen and oxygen atoms in total. The topological polar surface area (TPSA) is 178 Å². The molecule has 14 heteroatoms. The van der Waals surface area contributed by atoms with E-state index in [4.69, 9.17) is 5.26 Å². The summed E-state index contributed by atoms with van der Waals surface area (Å²) in [5.41, 5.74) is -1.32. The molecule has 2 amide bonds. The fourth-order valence-corrected chi connectivity index (χ4v) is 5.54. The molecule has 1 saturated heterocycles. The molecule has 158 valence electrons. The zero-order valence-electron chi connectivity index (χ0n) is 15.6. The van der Waals surface area contributed by atoms with E-state index in [9.17, 15) is 29.1 Å². The van der Waals surface area contributed by atoms with Crippen molar-refractivity contribution in [2.75, 3.05) is 11.5 Å². The highest BCUT2D eigenvalue weighted by atomic mass is 32.2. The number of aliphatic carboxylic acids is 1. The van der Waals surface area contributed by atoms with E-state index < -0.39 is 46.7 Å². The number of hydrogen-bond donors (Lipinski definition) is 3. The van der Waals surface area contributed by atoms with Gasteiger partial charge in [0, 0.05) is 18.1 Å². The third-order valence-corrected chi connectivity index (χ3v) is 6.82. The van der Waals surface area contributed by atoms with E-state index in [-0.39, 0.29) is 28.9 Å². The SMILES string of the molecule is CCn1c(SCC2=C(C(=O)O)N3C(=O)[C@@H](NC(=O)CC#N)[C@H]3SC2)n[nH]c(=O)c1=O. The largest absolute Gasteiger partial charge is 0.477 e. The maximum atomic E-state index is 12.5. The molecule has 0 aliphatic carbocycles. The van der Waals surface area contributed by atoms with E-state index in [1.165, 1.54) is 16.3 Å².